The van der Waals surface area contributed by atoms with Crippen molar-refractivity contribution in [2.45, 2.75) is 24.7 Å². The molecule has 1 aliphatic rings. The Balaban J connectivity index is 1.99. The van der Waals surface area contributed by atoms with Gasteiger partial charge in [0.15, 0.2) is 0 Å². The number of hydrogen-bond donors (Lipinski definition) is 2. The Bertz CT molecular complexity index is 477. The highest BCUT2D eigenvalue weighted by Gasteiger charge is 2.51. The summed E-state index contributed by atoms with van der Waals surface area (Å²) in [7, 11) is 1.54. The van der Waals surface area contributed by atoms with E-state index in [2.05, 4.69) is 5.32 Å². The van der Waals surface area contributed by atoms with E-state index < -0.39 is 11.4 Å². The molecular weight excluding hydrogens is 246 g/mol. The van der Waals surface area contributed by atoms with Crippen LogP contribution in [0.3, 0.4) is 0 Å². The van der Waals surface area contributed by atoms with Crippen molar-refractivity contribution in [3.05, 3.63) is 29.8 Å². The van der Waals surface area contributed by atoms with Crippen molar-refractivity contribution < 1.29 is 19.4 Å². The Morgan fingerprint density at radius 2 is 1.95 bits per heavy atom. The normalized spacial score (nSPS) is 15.8. The lowest BCUT2D eigenvalue weighted by molar-refractivity contribution is -0.140. The zero-order chi connectivity index (χ0) is 13.9. The summed E-state index contributed by atoms with van der Waals surface area (Å²) < 4.78 is 4.82. The number of carbonyl (C=O) groups is 2. The van der Waals surface area contributed by atoms with Crippen molar-refractivity contribution in [3.63, 3.8) is 0 Å². The molecule has 0 aromatic heterocycles. The highest BCUT2D eigenvalue weighted by Crippen LogP contribution is 2.48. The van der Waals surface area contributed by atoms with Crippen molar-refractivity contribution in [3.8, 4) is 0 Å². The number of benzene rings is 1. The first kappa shape index (κ1) is 13.5. The van der Waals surface area contributed by atoms with E-state index in [4.69, 9.17) is 4.74 Å². The number of carboxylic acids is 1. The summed E-state index contributed by atoms with van der Waals surface area (Å²) in [6.45, 7) is 0.381. The fourth-order valence-corrected chi connectivity index (χ4v) is 2.04. The smallest absolute Gasteiger partial charge is 0.314 e. The maximum atomic E-state index is 11.5. The largest absolute Gasteiger partial charge is 0.481 e. The first-order valence-electron chi connectivity index (χ1n) is 6.21. The van der Waals surface area contributed by atoms with Crippen molar-refractivity contribution in [1.29, 1.82) is 0 Å². The van der Waals surface area contributed by atoms with E-state index in [-0.39, 0.29) is 5.91 Å². The number of nitrogens with one attached hydrogen (secondary N) is 1. The molecule has 1 fully saturated rings. The predicted octanol–water partition coefficient (Wildman–Crippen LogP) is 1.78. The molecule has 0 bridgehead atoms. The van der Waals surface area contributed by atoms with Crippen LogP contribution < -0.4 is 5.32 Å². The van der Waals surface area contributed by atoms with Gasteiger partial charge in [0.05, 0.1) is 18.4 Å². The molecule has 102 valence electrons. The van der Waals surface area contributed by atoms with Crippen molar-refractivity contribution in [1.82, 2.24) is 0 Å². The van der Waals surface area contributed by atoms with E-state index in [0.717, 1.165) is 5.56 Å². The van der Waals surface area contributed by atoms with Crippen molar-refractivity contribution in [2.75, 3.05) is 19.0 Å². The SMILES string of the molecule is COCCC(=O)Nc1ccc(C2(C(=O)O)CC2)cc1. The lowest BCUT2D eigenvalue weighted by Crippen LogP contribution is -2.19. The number of carbonyl (C=O) groups excluding carboxylic acids is 1. The van der Waals surface area contributed by atoms with Gasteiger partial charge in [-0.1, -0.05) is 12.1 Å². The van der Waals surface area contributed by atoms with Gasteiger partial charge < -0.3 is 15.2 Å². The van der Waals surface area contributed by atoms with Crippen LogP contribution in [0.5, 0.6) is 0 Å². The van der Waals surface area contributed by atoms with Crippen LogP contribution >= 0.6 is 0 Å². The minimum absolute atomic E-state index is 0.117. The molecule has 2 rings (SSSR count). The Labute approximate surface area is 111 Å². The molecule has 5 nitrogen and oxygen atoms in total. The van der Waals surface area contributed by atoms with E-state index in [1.807, 2.05) is 0 Å². The molecule has 19 heavy (non-hydrogen) atoms. The molecule has 5 heteroatoms. The predicted molar refractivity (Wildman–Crippen MR) is 70.1 cm³/mol. The zero-order valence-corrected chi connectivity index (χ0v) is 10.8. The summed E-state index contributed by atoms with van der Waals surface area (Å²) in [4.78, 5) is 22.7. The third-order valence-corrected chi connectivity index (χ3v) is 3.41. The molecule has 0 heterocycles. The number of rotatable bonds is 6. The standard InChI is InChI=1S/C14H17NO4/c1-19-9-6-12(16)15-11-4-2-10(3-5-11)14(7-8-14)13(17)18/h2-5H,6-9H2,1H3,(H,15,16)(H,17,18). The van der Waals surface area contributed by atoms with Crippen LogP contribution in [0.2, 0.25) is 0 Å². The minimum atomic E-state index is -0.774. The lowest BCUT2D eigenvalue weighted by atomic mass is 9.96. The Morgan fingerprint density at radius 3 is 2.42 bits per heavy atom. The van der Waals surface area contributed by atoms with Gasteiger partial charge in [0.2, 0.25) is 5.91 Å². The second-order valence-electron chi connectivity index (χ2n) is 4.76. The van der Waals surface area contributed by atoms with Gasteiger partial charge in [-0.3, -0.25) is 9.59 Å². The van der Waals surface area contributed by atoms with E-state index in [1.165, 1.54) is 0 Å². The Kier molecular flexibility index (Phi) is 3.85. The summed E-state index contributed by atoms with van der Waals surface area (Å²) in [5, 5.41) is 11.9. The topological polar surface area (TPSA) is 75.6 Å². The van der Waals surface area contributed by atoms with Gasteiger partial charge in [0, 0.05) is 12.8 Å². The second-order valence-corrected chi connectivity index (χ2v) is 4.76. The summed E-state index contributed by atoms with van der Waals surface area (Å²) in [6.07, 6.45) is 1.67. The van der Waals surface area contributed by atoms with E-state index in [9.17, 15) is 14.7 Å². The zero-order valence-electron chi connectivity index (χ0n) is 10.8. The van der Waals surface area contributed by atoms with Gasteiger partial charge in [0.25, 0.3) is 0 Å². The van der Waals surface area contributed by atoms with Crippen LogP contribution in [-0.4, -0.2) is 30.7 Å². The molecule has 0 radical (unpaired) electrons. The van der Waals surface area contributed by atoms with Crippen LogP contribution in [0, 0.1) is 0 Å². The number of hydrogen-bond acceptors (Lipinski definition) is 3. The molecule has 0 aliphatic heterocycles. The molecule has 1 aromatic rings. The van der Waals surface area contributed by atoms with Crippen LogP contribution in [0.15, 0.2) is 24.3 Å². The molecule has 1 saturated carbocycles. The summed E-state index contributed by atoms with van der Waals surface area (Å²) in [5.74, 6) is -0.890. The molecule has 0 atom stereocenters. The van der Waals surface area contributed by atoms with Gasteiger partial charge in [-0.05, 0) is 30.5 Å². The molecule has 1 amide bonds. The van der Waals surface area contributed by atoms with Gasteiger partial charge >= 0.3 is 5.97 Å². The number of aliphatic carboxylic acids is 1. The lowest BCUT2D eigenvalue weighted by Gasteiger charge is -2.11. The summed E-state index contributed by atoms with van der Waals surface area (Å²) in [6, 6.07) is 7.02. The maximum absolute atomic E-state index is 11.5. The van der Waals surface area contributed by atoms with Gasteiger partial charge in [-0.25, -0.2) is 0 Å². The Hall–Kier alpha value is -1.88. The van der Waals surface area contributed by atoms with Gasteiger partial charge in [0.1, 0.15) is 0 Å². The molecule has 0 saturated heterocycles. The maximum Gasteiger partial charge on any atom is 0.314 e. The quantitative estimate of drug-likeness (QED) is 0.820. The first-order chi connectivity index (χ1) is 9.08. The molecule has 0 spiro atoms. The molecular formula is C14H17NO4. The van der Waals surface area contributed by atoms with Gasteiger partial charge in [-0.15, -0.1) is 0 Å². The number of anilines is 1. The number of carboxylic acid groups (broad SMARTS) is 1. The fraction of sp³-hybridized carbons (Fsp3) is 0.429. The summed E-state index contributed by atoms with van der Waals surface area (Å²) >= 11 is 0. The molecule has 0 unspecified atom stereocenters. The molecule has 2 N–H and O–H groups in total. The van der Waals surface area contributed by atoms with Crippen LogP contribution in [0.25, 0.3) is 0 Å². The number of ether oxygens (including phenoxy) is 1. The van der Waals surface area contributed by atoms with Crippen LogP contribution in [-0.2, 0) is 19.7 Å². The highest BCUT2D eigenvalue weighted by molar-refractivity contribution is 5.91. The van der Waals surface area contributed by atoms with Crippen molar-refractivity contribution in [2.24, 2.45) is 0 Å². The van der Waals surface area contributed by atoms with E-state index in [1.54, 1.807) is 31.4 Å². The average molecular weight is 263 g/mol. The molecule has 1 aliphatic carbocycles. The monoisotopic (exact) mass is 263 g/mol. The first-order valence-corrected chi connectivity index (χ1v) is 6.21. The Morgan fingerprint density at radius 1 is 1.32 bits per heavy atom. The second kappa shape index (κ2) is 5.40. The molecule has 1 aromatic carbocycles. The van der Waals surface area contributed by atoms with E-state index >= 15 is 0 Å². The third kappa shape index (κ3) is 2.93. The fourth-order valence-electron chi connectivity index (χ4n) is 2.04. The number of methoxy groups -OCH3 is 1. The minimum Gasteiger partial charge on any atom is -0.481 e. The average Bonchev–Trinajstić information content (AvgIpc) is 3.19. The number of amides is 1. The van der Waals surface area contributed by atoms with Crippen molar-refractivity contribution >= 4 is 17.6 Å². The third-order valence-electron chi connectivity index (χ3n) is 3.41. The van der Waals surface area contributed by atoms with E-state index in [0.29, 0.717) is 31.6 Å². The summed E-state index contributed by atoms with van der Waals surface area (Å²) in [5.41, 5.74) is 0.777. The van der Waals surface area contributed by atoms with Crippen LogP contribution in [0.1, 0.15) is 24.8 Å². The van der Waals surface area contributed by atoms with Crippen LogP contribution in [0.4, 0.5) is 5.69 Å². The highest BCUT2D eigenvalue weighted by atomic mass is 16.5. The van der Waals surface area contributed by atoms with Gasteiger partial charge in [-0.2, -0.15) is 0 Å².